The minimum absolute atomic E-state index is 0.219. The Labute approximate surface area is 132 Å². The number of nitrogens with zero attached hydrogens (tertiary/aromatic N) is 2. The highest BCUT2D eigenvalue weighted by molar-refractivity contribution is 8.18. The molecule has 110 valence electrons. The zero-order valence-electron chi connectivity index (χ0n) is 11.8. The molecule has 4 nitrogen and oxygen atoms in total. The van der Waals surface area contributed by atoms with Crippen molar-refractivity contribution in [2.45, 2.75) is 6.42 Å². The lowest BCUT2D eigenvalue weighted by Gasteiger charge is -2.12. The first-order valence-corrected chi connectivity index (χ1v) is 7.76. The summed E-state index contributed by atoms with van der Waals surface area (Å²) in [7, 11) is 0. The standard InChI is InChI=1S/C17H14N2O2S/c20-16-15(12-14-8-4-5-10-18-14)22-17(21)19(16)11-9-13-6-2-1-3-7-13/h1-8,10,12H,9,11H2. The number of carbonyl (C=O) groups excluding carboxylic acids is 2. The molecule has 1 aliphatic heterocycles. The lowest BCUT2D eigenvalue weighted by atomic mass is 10.1. The van der Waals surface area contributed by atoms with Gasteiger partial charge in [0.05, 0.1) is 10.6 Å². The molecule has 3 rings (SSSR count). The molecule has 1 saturated heterocycles. The number of pyridine rings is 1. The predicted octanol–water partition coefficient (Wildman–Crippen LogP) is 3.36. The van der Waals surface area contributed by atoms with Gasteiger partial charge in [0, 0.05) is 12.7 Å². The van der Waals surface area contributed by atoms with Gasteiger partial charge in [-0.1, -0.05) is 36.4 Å². The Bertz CT molecular complexity index is 714. The zero-order valence-corrected chi connectivity index (χ0v) is 12.6. The summed E-state index contributed by atoms with van der Waals surface area (Å²) in [5, 5.41) is -0.219. The van der Waals surface area contributed by atoms with Gasteiger partial charge in [-0.05, 0) is 42.0 Å². The van der Waals surface area contributed by atoms with E-state index >= 15 is 0 Å². The molecule has 1 aromatic heterocycles. The summed E-state index contributed by atoms with van der Waals surface area (Å²) < 4.78 is 0. The van der Waals surface area contributed by atoms with Crippen molar-refractivity contribution in [3.63, 3.8) is 0 Å². The second-order valence-corrected chi connectivity index (χ2v) is 5.82. The highest BCUT2D eigenvalue weighted by Gasteiger charge is 2.34. The van der Waals surface area contributed by atoms with Crippen LogP contribution < -0.4 is 0 Å². The molecule has 2 heterocycles. The third kappa shape index (κ3) is 3.26. The number of benzene rings is 1. The molecule has 1 fully saturated rings. The summed E-state index contributed by atoms with van der Waals surface area (Å²) in [6.07, 6.45) is 3.98. The summed E-state index contributed by atoms with van der Waals surface area (Å²) in [5.41, 5.74) is 1.78. The number of carbonyl (C=O) groups is 2. The summed E-state index contributed by atoms with van der Waals surface area (Å²) in [6, 6.07) is 15.3. The van der Waals surface area contributed by atoms with Crippen LogP contribution in [0.25, 0.3) is 6.08 Å². The molecule has 0 unspecified atom stereocenters. The number of hydrogen-bond acceptors (Lipinski definition) is 4. The van der Waals surface area contributed by atoms with Gasteiger partial charge in [-0.3, -0.25) is 19.5 Å². The fraction of sp³-hybridized carbons (Fsp3) is 0.118. The van der Waals surface area contributed by atoms with Crippen LogP contribution in [0.4, 0.5) is 4.79 Å². The Balaban J connectivity index is 1.71. The molecule has 22 heavy (non-hydrogen) atoms. The van der Waals surface area contributed by atoms with Crippen molar-refractivity contribution in [3.05, 3.63) is 70.9 Å². The van der Waals surface area contributed by atoms with E-state index in [4.69, 9.17) is 0 Å². The second-order valence-electron chi connectivity index (χ2n) is 4.82. The van der Waals surface area contributed by atoms with Gasteiger partial charge in [0.25, 0.3) is 11.1 Å². The van der Waals surface area contributed by atoms with Crippen LogP contribution in [0.5, 0.6) is 0 Å². The summed E-state index contributed by atoms with van der Waals surface area (Å²) in [6.45, 7) is 0.397. The van der Waals surface area contributed by atoms with Crippen LogP contribution in [0, 0.1) is 0 Å². The van der Waals surface area contributed by atoms with Crippen LogP contribution in [0.3, 0.4) is 0 Å². The van der Waals surface area contributed by atoms with Gasteiger partial charge in [-0.2, -0.15) is 0 Å². The van der Waals surface area contributed by atoms with Crippen LogP contribution >= 0.6 is 11.8 Å². The van der Waals surface area contributed by atoms with Gasteiger partial charge in [0.1, 0.15) is 0 Å². The summed E-state index contributed by atoms with van der Waals surface area (Å²) >= 11 is 0.970. The van der Waals surface area contributed by atoms with E-state index in [1.807, 2.05) is 42.5 Å². The predicted molar refractivity (Wildman–Crippen MR) is 87.1 cm³/mol. The maximum Gasteiger partial charge on any atom is 0.293 e. The van der Waals surface area contributed by atoms with Crippen LogP contribution in [-0.2, 0) is 11.2 Å². The lowest BCUT2D eigenvalue weighted by molar-refractivity contribution is -0.122. The number of rotatable bonds is 4. The monoisotopic (exact) mass is 310 g/mol. The molecule has 0 radical (unpaired) electrons. The van der Waals surface area contributed by atoms with Crippen LogP contribution in [0.15, 0.2) is 59.6 Å². The van der Waals surface area contributed by atoms with Crippen molar-refractivity contribution in [1.29, 1.82) is 0 Å². The Morgan fingerprint density at radius 2 is 1.82 bits per heavy atom. The summed E-state index contributed by atoms with van der Waals surface area (Å²) in [5.74, 6) is -0.239. The van der Waals surface area contributed by atoms with Crippen LogP contribution in [-0.4, -0.2) is 27.6 Å². The topological polar surface area (TPSA) is 50.3 Å². The van der Waals surface area contributed by atoms with Gasteiger partial charge >= 0.3 is 0 Å². The Hall–Kier alpha value is -2.40. The van der Waals surface area contributed by atoms with E-state index in [0.717, 1.165) is 17.3 Å². The molecule has 1 aliphatic rings. The van der Waals surface area contributed by atoms with Crippen molar-refractivity contribution in [2.24, 2.45) is 0 Å². The van der Waals surface area contributed by atoms with E-state index in [1.165, 1.54) is 4.90 Å². The van der Waals surface area contributed by atoms with Gasteiger partial charge in [-0.25, -0.2) is 0 Å². The molecule has 5 heteroatoms. The van der Waals surface area contributed by atoms with Crippen LogP contribution in [0.2, 0.25) is 0 Å². The second kappa shape index (κ2) is 6.58. The normalized spacial score (nSPS) is 16.5. The molecular formula is C17H14N2O2S. The summed E-state index contributed by atoms with van der Waals surface area (Å²) in [4.78, 5) is 30.2. The molecule has 0 aliphatic carbocycles. The quantitative estimate of drug-likeness (QED) is 0.813. The first-order chi connectivity index (χ1) is 10.7. The first kappa shape index (κ1) is 14.5. The van der Waals surface area contributed by atoms with Crippen molar-refractivity contribution >= 4 is 29.0 Å². The van der Waals surface area contributed by atoms with E-state index in [-0.39, 0.29) is 11.1 Å². The third-order valence-corrected chi connectivity index (χ3v) is 4.21. The number of imide groups is 1. The third-order valence-electron chi connectivity index (χ3n) is 3.31. The van der Waals surface area contributed by atoms with Crippen molar-refractivity contribution < 1.29 is 9.59 Å². The fourth-order valence-corrected chi connectivity index (χ4v) is 3.02. The average Bonchev–Trinajstić information content (AvgIpc) is 2.81. The molecular weight excluding hydrogens is 296 g/mol. The van der Waals surface area contributed by atoms with E-state index in [9.17, 15) is 9.59 Å². The minimum Gasteiger partial charge on any atom is -0.268 e. The average molecular weight is 310 g/mol. The van der Waals surface area contributed by atoms with Crippen molar-refractivity contribution in [2.75, 3.05) is 6.54 Å². The lowest BCUT2D eigenvalue weighted by Crippen LogP contribution is -2.30. The van der Waals surface area contributed by atoms with Crippen LogP contribution in [0.1, 0.15) is 11.3 Å². The molecule has 0 atom stereocenters. The number of hydrogen-bond donors (Lipinski definition) is 0. The van der Waals surface area contributed by atoms with E-state index < -0.39 is 0 Å². The molecule has 1 aromatic carbocycles. The molecule has 0 saturated carbocycles. The van der Waals surface area contributed by atoms with E-state index in [1.54, 1.807) is 18.3 Å². The highest BCUT2D eigenvalue weighted by atomic mass is 32.2. The van der Waals surface area contributed by atoms with E-state index in [0.29, 0.717) is 23.6 Å². The Morgan fingerprint density at radius 3 is 2.55 bits per heavy atom. The van der Waals surface area contributed by atoms with Gasteiger partial charge in [-0.15, -0.1) is 0 Å². The van der Waals surface area contributed by atoms with Crippen molar-refractivity contribution in [3.8, 4) is 0 Å². The Morgan fingerprint density at radius 1 is 1.05 bits per heavy atom. The molecule has 0 bridgehead atoms. The number of thioether (sulfide) groups is 1. The maximum atomic E-state index is 12.3. The first-order valence-electron chi connectivity index (χ1n) is 6.94. The Kier molecular flexibility index (Phi) is 4.34. The zero-order chi connectivity index (χ0) is 15.4. The minimum atomic E-state index is -0.239. The molecule has 2 amide bonds. The van der Waals surface area contributed by atoms with Gasteiger partial charge in [0.2, 0.25) is 0 Å². The van der Waals surface area contributed by atoms with Crippen molar-refractivity contribution in [1.82, 2.24) is 9.88 Å². The molecule has 0 spiro atoms. The fourth-order valence-electron chi connectivity index (χ4n) is 2.17. The van der Waals surface area contributed by atoms with E-state index in [2.05, 4.69) is 4.98 Å². The smallest absolute Gasteiger partial charge is 0.268 e. The molecule has 0 N–H and O–H groups in total. The number of amides is 2. The molecule has 2 aromatic rings. The van der Waals surface area contributed by atoms with Gasteiger partial charge < -0.3 is 0 Å². The number of aromatic nitrogens is 1. The van der Waals surface area contributed by atoms with Gasteiger partial charge in [0.15, 0.2) is 0 Å². The maximum absolute atomic E-state index is 12.3. The SMILES string of the molecule is O=C1SC(=Cc2ccccn2)C(=O)N1CCc1ccccc1. The largest absolute Gasteiger partial charge is 0.293 e. The highest BCUT2D eigenvalue weighted by Crippen LogP contribution is 2.31.